The molecule has 1 amide bonds. The van der Waals surface area contributed by atoms with Crippen LogP contribution in [0, 0.1) is 10.1 Å². The van der Waals surface area contributed by atoms with Crippen molar-refractivity contribution in [1.82, 2.24) is 14.7 Å². The second-order valence-electron chi connectivity index (χ2n) is 7.56. The van der Waals surface area contributed by atoms with Crippen molar-refractivity contribution in [2.24, 2.45) is 0 Å². The number of nitrogens with zero attached hydrogens (tertiary/aromatic N) is 4. The van der Waals surface area contributed by atoms with Crippen molar-refractivity contribution >= 4 is 46.0 Å². The molecule has 1 aliphatic heterocycles. The number of benzene rings is 2. The summed E-state index contributed by atoms with van der Waals surface area (Å²) in [5.41, 5.74) is 2.97. The van der Waals surface area contributed by atoms with Gasteiger partial charge in [-0.1, -0.05) is 61.9 Å². The molecule has 0 saturated carbocycles. The number of hydrogen-bond acceptors (Lipinski definition) is 6. The number of para-hydroxylation sites is 1. The lowest BCUT2D eigenvalue weighted by molar-refractivity contribution is -0.384. The molecule has 4 rings (SSSR count). The molecule has 3 aromatic rings. The minimum atomic E-state index is -0.433. The van der Waals surface area contributed by atoms with Crippen molar-refractivity contribution in [3.8, 4) is 16.9 Å². The van der Waals surface area contributed by atoms with Crippen molar-refractivity contribution in [2.75, 3.05) is 6.54 Å². The van der Waals surface area contributed by atoms with Gasteiger partial charge in [0.25, 0.3) is 11.6 Å². The molecular formula is C24H22N4O3S2. The van der Waals surface area contributed by atoms with Crippen LogP contribution in [0.4, 0.5) is 5.69 Å². The van der Waals surface area contributed by atoms with E-state index < -0.39 is 4.92 Å². The van der Waals surface area contributed by atoms with Gasteiger partial charge in [0.15, 0.2) is 0 Å². The average Bonchev–Trinajstić information content (AvgIpc) is 3.36. The molecule has 2 heterocycles. The van der Waals surface area contributed by atoms with Gasteiger partial charge in [-0.2, -0.15) is 5.10 Å². The predicted octanol–water partition coefficient (Wildman–Crippen LogP) is 5.84. The molecule has 0 unspecified atom stereocenters. The molecule has 9 heteroatoms. The highest BCUT2D eigenvalue weighted by Crippen LogP contribution is 2.35. The summed E-state index contributed by atoms with van der Waals surface area (Å²) in [5, 5.41) is 15.8. The van der Waals surface area contributed by atoms with Crippen LogP contribution in [0.3, 0.4) is 0 Å². The third-order valence-corrected chi connectivity index (χ3v) is 6.64. The number of nitro groups is 1. The zero-order valence-corrected chi connectivity index (χ0v) is 19.6. The highest BCUT2D eigenvalue weighted by Gasteiger charge is 2.32. The van der Waals surface area contributed by atoms with Crippen LogP contribution in [-0.4, -0.2) is 36.4 Å². The highest BCUT2D eigenvalue weighted by molar-refractivity contribution is 8.26. The minimum Gasteiger partial charge on any atom is -0.293 e. The summed E-state index contributed by atoms with van der Waals surface area (Å²) < 4.78 is 2.31. The number of hydrogen-bond donors (Lipinski definition) is 0. The van der Waals surface area contributed by atoms with Gasteiger partial charge in [0, 0.05) is 36.0 Å². The van der Waals surface area contributed by atoms with Gasteiger partial charge in [-0.15, -0.1) is 0 Å². The molecule has 0 spiro atoms. The number of non-ortho nitro benzene ring substituents is 1. The molecule has 2 aromatic carbocycles. The first-order chi connectivity index (χ1) is 16.0. The van der Waals surface area contributed by atoms with Gasteiger partial charge in [-0.25, -0.2) is 4.68 Å². The molecule has 0 radical (unpaired) electrons. The maximum Gasteiger partial charge on any atom is 0.269 e. The number of amides is 1. The number of carbonyl (C=O) groups excluding carboxylic acids is 1. The van der Waals surface area contributed by atoms with E-state index in [1.807, 2.05) is 42.6 Å². The van der Waals surface area contributed by atoms with Gasteiger partial charge in [0.05, 0.1) is 21.2 Å². The van der Waals surface area contributed by atoms with Crippen LogP contribution in [0.5, 0.6) is 0 Å². The van der Waals surface area contributed by atoms with Crippen molar-refractivity contribution < 1.29 is 9.72 Å². The monoisotopic (exact) mass is 478 g/mol. The third-order valence-electron chi connectivity index (χ3n) is 5.26. The van der Waals surface area contributed by atoms with E-state index in [9.17, 15) is 14.9 Å². The summed E-state index contributed by atoms with van der Waals surface area (Å²) in [5.74, 6) is -0.0942. The van der Waals surface area contributed by atoms with Crippen LogP contribution in [0.15, 0.2) is 65.7 Å². The van der Waals surface area contributed by atoms with E-state index in [0.717, 1.165) is 36.1 Å². The van der Waals surface area contributed by atoms with E-state index in [2.05, 4.69) is 6.92 Å². The molecular weight excluding hydrogens is 456 g/mol. The molecule has 33 heavy (non-hydrogen) atoms. The Bertz CT molecular complexity index is 1220. The zero-order valence-electron chi connectivity index (χ0n) is 18.0. The SMILES string of the molecule is CCCCCN1C(=O)/C(=C/c2cn(-c3ccccc3)nc2-c2ccc([N+](=O)[O-])cc2)SC1=S. The zero-order chi connectivity index (χ0) is 23.4. The van der Waals surface area contributed by atoms with Gasteiger partial charge < -0.3 is 0 Å². The van der Waals surface area contributed by atoms with E-state index in [0.29, 0.717) is 21.5 Å². The molecule has 0 atom stereocenters. The summed E-state index contributed by atoms with van der Waals surface area (Å²) in [6.07, 6.45) is 6.69. The van der Waals surface area contributed by atoms with Gasteiger partial charge in [0.2, 0.25) is 0 Å². The van der Waals surface area contributed by atoms with E-state index in [-0.39, 0.29) is 11.6 Å². The van der Waals surface area contributed by atoms with E-state index in [1.165, 1.54) is 23.9 Å². The largest absolute Gasteiger partial charge is 0.293 e. The number of nitro benzene ring substituents is 1. The summed E-state index contributed by atoms with van der Waals surface area (Å²) in [6.45, 7) is 2.74. The Kier molecular flexibility index (Phi) is 7.00. The van der Waals surface area contributed by atoms with E-state index in [1.54, 1.807) is 21.7 Å². The van der Waals surface area contributed by atoms with Gasteiger partial charge in [0.1, 0.15) is 4.32 Å². The Labute approximate surface area is 201 Å². The van der Waals surface area contributed by atoms with Gasteiger partial charge in [-0.05, 0) is 36.8 Å². The molecule has 0 aliphatic carbocycles. The second kappa shape index (κ2) is 10.1. The molecule has 1 fully saturated rings. The number of unbranched alkanes of at least 4 members (excludes halogenated alkanes) is 2. The number of carbonyl (C=O) groups is 1. The fourth-order valence-electron chi connectivity index (χ4n) is 3.53. The summed E-state index contributed by atoms with van der Waals surface area (Å²) in [7, 11) is 0. The normalized spacial score (nSPS) is 14.9. The van der Waals surface area contributed by atoms with Gasteiger partial charge in [-0.3, -0.25) is 19.8 Å². The Hall–Kier alpha value is -3.30. The smallest absolute Gasteiger partial charge is 0.269 e. The molecule has 168 valence electrons. The Morgan fingerprint density at radius 1 is 1.12 bits per heavy atom. The predicted molar refractivity (Wildman–Crippen MR) is 135 cm³/mol. The van der Waals surface area contributed by atoms with Crippen LogP contribution in [0.2, 0.25) is 0 Å². The lowest BCUT2D eigenvalue weighted by atomic mass is 10.1. The summed E-state index contributed by atoms with van der Waals surface area (Å²) in [6, 6.07) is 15.9. The fraction of sp³-hybridized carbons (Fsp3) is 0.208. The second-order valence-corrected chi connectivity index (χ2v) is 9.23. The summed E-state index contributed by atoms with van der Waals surface area (Å²) in [4.78, 5) is 25.8. The van der Waals surface area contributed by atoms with Crippen LogP contribution < -0.4 is 0 Å². The first-order valence-corrected chi connectivity index (χ1v) is 11.9. The molecule has 1 aliphatic rings. The summed E-state index contributed by atoms with van der Waals surface area (Å²) >= 11 is 6.74. The van der Waals surface area contributed by atoms with Crippen LogP contribution in [0.25, 0.3) is 23.0 Å². The van der Waals surface area contributed by atoms with Crippen LogP contribution in [0.1, 0.15) is 31.7 Å². The van der Waals surface area contributed by atoms with Crippen molar-refractivity contribution in [3.05, 3.63) is 81.4 Å². The van der Waals surface area contributed by atoms with Crippen molar-refractivity contribution in [2.45, 2.75) is 26.2 Å². The molecule has 1 aromatic heterocycles. The lowest BCUT2D eigenvalue weighted by Gasteiger charge is -2.13. The van der Waals surface area contributed by atoms with E-state index in [4.69, 9.17) is 17.3 Å². The van der Waals surface area contributed by atoms with Crippen LogP contribution in [-0.2, 0) is 4.79 Å². The number of thioether (sulfide) groups is 1. The van der Waals surface area contributed by atoms with Crippen molar-refractivity contribution in [3.63, 3.8) is 0 Å². The first-order valence-electron chi connectivity index (χ1n) is 10.6. The highest BCUT2D eigenvalue weighted by atomic mass is 32.2. The van der Waals surface area contributed by atoms with Gasteiger partial charge >= 0.3 is 0 Å². The fourth-order valence-corrected chi connectivity index (χ4v) is 4.82. The standard InChI is InChI=1S/C24H22N4O3S2/c1-2-3-7-14-26-23(29)21(33-24(26)32)15-18-16-27(19-8-5-4-6-9-19)25-22(18)17-10-12-20(13-11-17)28(30)31/h4-6,8-13,15-16H,2-3,7,14H2,1H3/b21-15-. The quantitative estimate of drug-likeness (QED) is 0.133. The Morgan fingerprint density at radius 3 is 2.52 bits per heavy atom. The molecule has 7 nitrogen and oxygen atoms in total. The Balaban J connectivity index is 1.72. The van der Waals surface area contributed by atoms with Crippen LogP contribution >= 0.6 is 24.0 Å². The first kappa shape index (κ1) is 22.9. The maximum absolute atomic E-state index is 13.0. The molecule has 1 saturated heterocycles. The Morgan fingerprint density at radius 2 is 1.85 bits per heavy atom. The average molecular weight is 479 g/mol. The number of thiocarbonyl (C=S) groups is 1. The third kappa shape index (κ3) is 5.04. The maximum atomic E-state index is 13.0. The van der Waals surface area contributed by atoms with Crippen molar-refractivity contribution in [1.29, 1.82) is 0 Å². The minimum absolute atomic E-state index is 0.00995. The number of rotatable bonds is 8. The molecule has 0 N–H and O–H groups in total. The topological polar surface area (TPSA) is 81.3 Å². The molecule has 0 bridgehead atoms. The van der Waals surface area contributed by atoms with E-state index >= 15 is 0 Å². The number of aromatic nitrogens is 2. The lowest BCUT2D eigenvalue weighted by Crippen LogP contribution is -2.28.